The molecule has 0 spiro atoms. The Morgan fingerprint density at radius 3 is 2.59 bits per heavy atom. The monoisotopic (exact) mass is 534 g/mol. The molecule has 0 saturated heterocycles. The number of aromatic nitrogens is 2. The SMILES string of the molecule is CN(C)c1ccc(C=NNC(=O)CN2c3c(-c4cccc(Cl)c4)n[nH]c3-c3ccccc3S2(=O)=O)cc1. The fraction of sp³-hybridized carbons (Fsp3) is 0.115. The standard InChI is InChI=1S/C26H23ClN6O3S/c1-32(2)20-12-10-17(11-13-20)15-28-29-23(34)16-33-26-24(18-6-5-7-19(27)14-18)30-31-25(26)21-8-3-4-9-22(21)37(33,35)36/h3-15H,16H2,1-2H3,(H,29,34)(H,30,31). The van der Waals surface area contributed by atoms with E-state index in [4.69, 9.17) is 11.6 Å². The Morgan fingerprint density at radius 1 is 1.11 bits per heavy atom. The molecule has 0 saturated carbocycles. The number of hydrogen-bond donors (Lipinski definition) is 2. The summed E-state index contributed by atoms with van der Waals surface area (Å²) >= 11 is 6.18. The Kier molecular flexibility index (Phi) is 6.45. The molecule has 2 N–H and O–H groups in total. The molecule has 2 heterocycles. The molecule has 1 aromatic heterocycles. The highest BCUT2D eigenvalue weighted by atomic mass is 35.5. The largest absolute Gasteiger partial charge is 0.378 e. The molecule has 9 nitrogen and oxygen atoms in total. The summed E-state index contributed by atoms with van der Waals surface area (Å²) in [5.41, 5.74) is 6.48. The lowest BCUT2D eigenvalue weighted by Gasteiger charge is -2.29. The lowest BCUT2D eigenvalue weighted by Crippen LogP contribution is -2.41. The summed E-state index contributed by atoms with van der Waals surface area (Å²) in [5, 5.41) is 11.8. The summed E-state index contributed by atoms with van der Waals surface area (Å²) in [6.45, 7) is -0.492. The summed E-state index contributed by atoms with van der Waals surface area (Å²) in [7, 11) is -0.181. The zero-order valence-electron chi connectivity index (χ0n) is 20.0. The fourth-order valence-corrected chi connectivity index (χ4v) is 5.94. The third-order valence-corrected chi connectivity index (χ3v) is 7.95. The molecule has 37 heavy (non-hydrogen) atoms. The van der Waals surface area contributed by atoms with Gasteiger partial charge in [-0.3, -0.25) is 14.2 Å². The Bertz CT molecular complexity index is 1610. The molecule has 1 aliphatic heterocycles. The van der Waals surface area contributed by atoms with Crippen LogP contribution in [0.15, 0.2) is 82.8 Å². The summed E-state index contributed by atoms with van der Waals surface area (Å²) in [5.74, 6) is -0.603. The number of fused-ring (bicyclic) bond motifs is 3. The first-order valence-corrected chi connectivity index (χ1v) is 13.1. The highest BCUT2D eigenvalue weighted by Gasteiger charge is 2.39. The van der Waals surface area contributed by atoms with Gasteiger partial charge in [-0.15, -0.1) is 0 Å². The zero-order valence-corrected chi connectivity index (χ0v) is 21.6. The van der Waals surface area contributed by atoms with Gasteiger partial charge in [0.1, 0.15) is 17.9 Å². The van der Waals surface area contributed by atoms with Crippen LogP contribution in [0.5, 0.6) is 0 Å². The minimum Gasteiger partial charge on any atom is -0.378 e. The molecule has 0 aliphatic carbocycles. The highest BCUT2D eigenvalue weighted by molar-refractivity contribution is 7.93. The van der Waals surface area contributed by atoms with Crippen LogP contribution in [0.4, 0.5) is 11.4 Å². The molecular formula is C26H23ClN6O3S. The number of hydrogen-bond acceptors (Lipinski definition) is 6. The number of carbonyl (C=O) groups is 1. The van der Waals surface area contributed by atoms with E-state index in [0.717, 1.165) is 15.6 Å². The molecule has 3 aromatic carbocycles. The van der Waals surface area contributed by atoms with Crippen molar-refractivity contribution in [3.05, 3.63) is 83.4 Å². The minimum atomic E-state index is -4.07. The van der Waals surface area contributed by atoms with E-state index in [-0.39, 0.29) is 10.6 Å². The lowest BCUT2D eigenvalue weighted by molar-refractivity contribution is -0.119. The third-order valence-electron chi connectivity index (χ3n) is 5.91. The van der Waals surface area contributed by atoms with E-state index in [2.05, 4.69) is 20.7 Å². The molecule has 0 bridgehead atoms. The Hall–Kier alpha value is -4.15. The van der Waals surface area contributed by atoms with Crippen LogP contribution in [0.1, 0.15) is 5.56 Å². The van der Waals surface area contributed by atoms with Gasteiger partial charge in [-0.25, -0.2) is 13.8 Å². The van der Waals surface area contributed by atoms with Crippen LogP contribution >= 0.6 is 11.6 Å². The van der Waals surface area contributed by atoms with Gasteiger partial charge in [-0.2, -0.15) is 10.2 Å². The van der Waals surface area contributed by atoms with E-state index >= 15 is 0 Å². The Balaban J connectivity index is 1.46. The van der Waals surface area contributed by atoms with Crippen molar-refractivity contribution < 1.29 is 13.2 Å². The Labute approximate surface area is 219 Å². The van der Waals surface area contributed by atoms with Crippen molar-refractivity contribution in [2.75, 3.05) is 29.8 Å². The molecular weight excluding hydrogens is 512 g/mol. The van der Waals surface area contributed by atoms with Crippen molar-refractivity contribution in [3.8, 4) is 22.5 Å². The van der Waals surface area contributed by atoms with Gasteiger partial charge in [0.05, 0.1) is 16.8 Å². The van der Waals surface area contributed by atoms with Gasteiger partial charge in [0.2, 0.25) is 0 Å². The molecule has 5 rings (SSSR count). The van der Waals surface area contributed by atoms with Crippen LogP contribution in [0, 0.1) is 0 Å². The van der Waals surface area contributed by atoms with Crippen molar-refractivity contribution in [3.63, 3.8) is 0 Å². The van der Waals surface area contributed by atoms with E-state index in [1.165, 1.54) is 12.3 Å². The summed E-state index contributed by atoms with van der Waals surface area (Å²) in [4.78, 5) is 14.9. The number of H-pyrrole nitrogens is 1. The predicted octanol–water partition coefficient (Wildman–Crippen LogP) is 4.12. The number of halogens is 1. The van der Waals surface area contributed by atoms with E-state index in [1.54, 1.807) is 42.5 Å². The van der Waals surface area contributed by atoms with Gasteiger partial charge in [-0.1, -0.05) is 54.1 Å². The number of anilines is 2. The number of nitrogens with one attached hydrogen (secondary N) is 2. The normalized spacial score (nSPS) is 13.8. The quantitative estimate of drug-likeness (QED) is 0.285. The smallest absolute Gasteiger partial charge is 0.265 e. The minimum absolute atomic E-state index is 0.0843. The summed E-state index contributed by atoms with van der Waals surface area (Å²) < 4.78 is 28.4. The molecule has 188 valence electrons. The predicted molar refractivity (Wildman–Crippen MR) is 146 cm³/mol. The van der Waals surface area contributed by atoms with Crippen molar-refractivity contribution >= 4 is 45.1 Å². The average molecular weight is 535 g/mol. The molecule has 1 aliphatic rings. The summed E-state index contributed by atoms with van der Waals surface area (Å²) in [6, 6.07) is 21.1. The number of hydrazone groups is 1. The van der Waals surface area contributed by atoms with Gasteiger partial charge >= 0.3 is 0 Å². The van der Waals surface area contributed by atoms with Crippen LogP contribution < -0.4 is 14.6 Å². The third kappa shape index (κ3) is 4.68. The van der Waals surface area contributed by atoms with Gasteiger partial charge in [-0.05, 0) is 35.9 Å². The maximum atomic E-state index is 13.7. The van der Waals surface area contributed by atoms with E-state index in [9.17, 15) is 13.2 Å². The van der Waals surface area contributed by atoms with Crippen LogP contribution in [-0.2, 0) is 14.8 Å². The molecule has 0 fully saturated rings. The van der Waals surface area contributed by atoms with Gasteiger partial charge < -0.3 is 4.90 Å². The fourth-order valence-electron chi connectivity index (χ4n) is 4.11. The first-order chi connectivity index (χ1) is 17.8. The molecule has 1 amide bonds. The summed E-state index contributed by atoms with van der Waals surface area (Å²) in [6.07, 6.45) is 1.50. The van der Waals surface area contributed by atoms with E-state index in [0.29, 0.717) is 27.5 Å². The van der Waals surface area contributed by atoms with Crippen LogP contribution in [0.3, 0.4) is 0 Å². The molecule has 0 unspecified atom stereocenters. The number of benzene rings is 3. The molecule has 4 aromatic rings. The zero-order chi connectivity index (χ0) is 26.2. The molecule has 11 heteroatoms. The molecule has 0 radical (unpaired) electrons. The topological polar surface area (TPSA) is 111 Å². The second-order valence-electron chi connectivity index (χ2n) is 8.59. The van der Waals surface area contributed by atoms with Crippen LogP contribution in [0.25, 0.3) is 22.5 Å². The van der Waals surface area contributed by atoms with Gasteiger partial charge in [0.15, 0.2) is 0 Å². The van der Waals surface area contributed by atoms with Gasteiger partial charge in [0, 0.05) is 35.9 Å². The maximum absolute atomic E-state index is 13.7. The first-order valence-electron chi connectivity index (χ1n) is 11.3. The van der Waals surface area contributed by atoms with E-state index in [1.807, 2.05) is 43.3 Å². The van der Waals surface area contributed by atoms with Crippen LogP contribution in [-0.4, -0.2) is 51.4 Å². The number of aromatic amines is 1. The van der Waals surface area contributed by atoms with Crippen molar-refractivity contribution in [2.24, 2.45) is 5.10 Å². The number of sulfonamides is 1. The number of nitrogens with zero attached hydrogens (tertiary/aromatic N) is 4. The van der Waals surface area contributed by atoms with Gasteiger partial charge in [0.25, 0.3) is 15.9 Å². The maximum Gasteiger partial charge on any atom is 0.265 e. The van der Waals surface area contributed by atoms with E-state index < -0.39 is 22.5 Å². The second-order valence-corrected chi connectivity index (χ2v) is 10.9. The van der Waals surface area contributed by atoms with Crippen molar-refractivity contribution in [1.29, 1.82) is 0 Å². The van der Waals surface area contributed by atoms with Crippen molar-refractivity contribution in [1.82, 2.24) is 15.6 Å². The Morgan fingerprint density at radius 2 is 1.86 bits per heavy atom. The lowest BCUT2D eigenvalue weighted by atomic mass is 10.1. The highest BCUT2D eigenvalue weighted by Crippen LogP contribution is 2.46. The second kappa shape index (κ2) is 9.72. The number of carbonyl (C=O) groups excluding carboxylic acids is 1. The first kappa shape index (κ1) is 24.5. The molecule has 0 atom stereocenters. The van der Waals surface area contributed by atoms with Crippen LogP contribution in [0.2, 0.25) is 5.02 Å². The average Bonchev–Trinajstić information content (AvgIpc) is 3.32. The number of amides is 1. The van der Waals surface area contributed by atoms with Crippen molar-refractivity contribution in [2.45, 2.75) is 4.90 Å². The number of rotatable bonds is 6.